The van der Waals surface area contributed by atoms with Crippen molar-refractivity contribution in [2.24, 2.45) is 0 Å². The van der Waals surface area contributed by atoms with Crippen LogP contribution < -0.4 is 24.8 Å². The van der Waals surface area contributed by atoms with Crippen molar-refractivity contribution in [3.63, 3.8) is 0 Å². The van der Waals surface area contributed by atoms with Crippen molar-refractivity contribution in [1.82, 2.24) is 0 Å². The summed E-state index contributed by atoms with van der Waals surface area (Å²) in [4.78, 5) is 0. The number of halogens is 2. The van der Waals surface area contributed by atoms with Gasteiger partial charge in [0, 0.05) is 0 Å². The molecule has 0 aliphatic heterocycles. The molecule has 0 aliphatic carbocycles. The highest BCUT2D eigenvalue weighted by Gasteiger charge is 2.27. The molecule has 4 heteroatoms. The largest absolute Gasteiger partial charge is 1.00 e. The van der Waals surface area contributed by atoms with Crippen LogP contribution in [0.3, 0.4) is 0 Å². The second-order valence-corrected chi connectivity index (χ2v) is 5.61. The Hall–Kier alpha value is -0.540. The van der Waals surface area contributed by atoms with E-state index >= 15 is 0 Å². The van der Waals surface area contributed by atoms with Crippen LogP contribution in [0.2, 0.25) is 0 Å². The molecule has 118 valence electrons. The fourth-order valence-corrected chi connectivity index (χ4v) is 2.24. The van der Waals surface area contributed by atoms with E-state index in [9.17, 15) is 0 Å². The van der Waals surface area contributed by atoms with Gasteiger partial charge < -0.3 is 33.8 Å². The molecule has 2 nitrogen and oxygen atoms in total. The second-order valence-electron chi connectivity index (χ2n) is 5.61. The van der Waals surface area contributed by atoms with Crippen molar-refractivity contribution in [2.45, 2.75) is 0 Å². The lowest BCUT2D eigenvalue weighted by Crippen LogP contribution is -3.00. The van der Waals surface area contributed by atoms with E-state index in [1.165, 1.54) is 0 Å². The molecule has 0 bridgehead atoms. The maximum absolute atomic E-state index is 3.89. The molecular formula is C16H30Cl2N2. The fraction of sp³-hybridized carbons (Fsp3) is 0.500. The van der Waals surface area contributed by atoms with Gasteiger partial charge in [-0.05, 0) is 24.3 Å². The molecule has 0 aromatic heterocycles. The Bertz CT molecular complexity index is 272. The Labute approximate surface area is 138 Å². The molecule has 0 N–H and O–H groups in total. The van der Waals surface area contributed by atoms with Gasteiger partial charge in [0.2, 0.25) is 0 Å². The SMILES string of the molecule is C=CC[N+](C)(C)CC[N+](CC=C)(CC=C)CC=C.[Cl-].[Cl-]. The zero-order valence-corrected chi connectivity index (χ0v) is 14.5. The maximum atomic E-state index is 3.89. The summed E-state index contributed by atoms with van der Waals surface area (Å²) in [7, 11) is 4.48. The fourth-order valence-electron chi connectivity index (χ4n) is 2.24. The number of rotatable bonds is 11. The first kappa shape index (κ1) is 24.5. The lowest BCUT2D eigenvalue weighted by molar-refractivity contribution is -0.954. The summed E-state index contributed by atoms with van der Waals surface area (Å²) < 4.78 is 1.93. The minimum Gasteiger partial charge on any atom is -1.00 e. The highest BCUT2D eigenvalue weighted by Crippen LogP contribution is 2.10. The molecule has 0 aromatic rings. The summed E-state index contributed by atoms with van der Waals surface area (Å²) in [5, 5.41) is 0. The Balaban J connectivity index is -0.00000144. The normalized spacial score (nSPS) is 10.7. The highest BCUT2D eigenvalue weighted by atomic mass is 35.5. The Morgan fingerprint density at radius 1 is 0.650 bits per heavy atom. The van der Waals surface area contributed by atoms with Gasteiger partial charge in [-0.25, -0.2) is 0 Å². The highest BCUT2D eigenvalue weighted by molar-refractivity contribution is 4.76. The lowest BCUT2D eigenvalue weighted by Gasteiger charge is -2.39. The summed E-state index contributed by atoms with van der Waals surface area (Å²) in [6.07, 6.45) is 7.99. The molecule has 20 heavy (non-hydrogen) atoms. The van der Waals surface area contributed by atoms with Crippen molar-refractivity contribution in [2.75, 3.05) is 53.4 Å². The average Bonchev–Trinajstić information content (AvgIpc) is 2.28. The molecule has 0 rings (SSSR count). The van der Waals surface area contributed by atoms with E-state index in [1.54, 1.807) is 0 Å². The smallest absolute Gasteiger partial charge is 0.129 e. The zero-order chi connectivity index (χ0) is 14.1. The molecule has 0 saturated heterocycles. The maximum Gasteiger partial charge on any atom is 0.129 e. The van der Waals surface area contributed by atoms with Crippen LogP contribution in [0.4, 0.5) is 0 Å². The van der Waals surface area contributed by atoms with Crippen LogP contribution >= 0.6 is 0 Å². The summed E-state index contributed by atoms with van der Waals surface area (Å²) in [6.45, 7) is 21.6. The third kappa shape index (κ3) is 9.38. The number of hydrogen-bond acceptors (Lipinski definition) is 0. The van der Waals surface area contributed by atoms with Crippen molar-refractivity contribution in [1.29, 1.82) is 0 Å². The van der Waals surface area contributed by atoms with E-state index in [0.29, 0.717) is 0 Å². The monoisotopic (exact) mass is 320 g/mol. The van der Waals surface area contributed by atoms with Gasteiger partial charge in [-0.2, -0.15) is 0 Å². The van der Waals surface area contributed by atoms with Crippen LogP contribution in [0.5, 0.6) is 0 Å². The molecular weight excluding hydrogens is 291 g/mol. The van der Waals surface area contributed by atoms with Gasteiger partial charge >= 0.3 is 0 Å². The lowest BCUT2D eigenvalue weighted by atomic mass is 10.2. The van der Waals surface area contributed by atoms with Crippen molar-refractivity contribution < 1.29 is 33.8 Å². The summed E-state index contributed by atoms with van der Waals surface area (Å²) in [5.74, 6) is 0. The molecule has 0 amide bonds. The number of likely N-dealkylation sites (N-methyl/N-ethyl adjacent to an activating group) is 1. The number of nitrogens with zero attached hydrogens (tertiary/aromatic N) is 2. The van der Waals surface area contributed by atoms with E-state index in [2.05, 4.69) is 40.4 Å². The van der Waals surface area contributed by atoms with Crippen LogP contribution in [0.25, 0.3) is 0 Å². The van der Waals surface area contributed by atoms with Gasteiger partial charge in [-0.1, -0.05) is 26.3 Å². The Morgan fingerprint density at radius 2 is 1.00 bits per heavy atom. The molecule has 0 spiro atoms. The third-order valence-electron chi connectivity index (χ3n) is 3.35. The summed E-state index contributed by atoms with van der Waals surface area (Å²) in [6, 6.07) is 0. The van der Waals surface area contributed by atoms with E-state index in [0.717, 1.165) is 48.2 Å². The van der Waals surface area contributed by atoms with Crippen molar-refractivity contribution in [3.8, 4) is 0 Å². The van der Waals surface area contributed by atoms with E-state index < -0.39 is 0 Å². The molecule has 0 atom stereocenters. The number of quaternary nitrogens is 2. The Kier molecular flexibility index (Phi) is 15.0. The molecule has 0 aromatic carbocycles. The first-order valence-corrected chi connectivity index (χ1v) is 6.56. The van der Waals surface area contributed by atoms with E-state index in [4.69, 9.17) is 0 Å². The molecule has 0 heterocycles. The third-order valence-corrected chi connectivity index (χ3v) is 3.35. The predicted molar refractivity (Wildman–Crippen MR) is 82.4 cm³/mol. The molecule has 0 radical (unpaired) electrons. The molecule has 0 aliphatic rings. The molecule has 0 saturated carbocycles. The van der Waals surface area contributed by atoms with Crippen LogP contribution in [-0.2, 0) is 0 Å². The second kappa shape index (κ2) is 12.2. The van der Waals surface area contributed by atoms with Gasteiger partial charge in [-0.3, -0.25) is 0 Å². The van der Waals surface area contributed by atoms with Gasteiger partial charge in [-0.15, -0.1) is 0 Å². The molecule has 0 fully saturated rings. The van der Waals surface area contributed by atoms with Gasteiger partial charge in [0.15, 0.2) is 0 Å². The van der Waals surface area contributed by atoms with Gasteiger partial charge in [0.25, 0.3) is 0 Å². The van der Waals surface area contributed by atoms with Crippen LogP contribution in [0, 0.1) is 0 Å². The standard InChI is InChI=1S/C16H30N2.2ClH/c1-7-11-17(5,6)15-16-18(12-8-2,13-9-3)14-10-4;;/h7-10H,1-4,11-16H2,5-6H3;2*1H/q+2;;/p-2. The average molecular weight is 321 g/mol. The minimum absolute atomic E-state index is 0. The predicted octanol–water partition coefficient (Wildman–Crippen LogP) is -3.37. The quantitative estimate of drug-likeness (QED) is 0.275. The first-order valence-electron chi connectivity index (χ1n) is 6.56. The topological polar surface area (TPSA) is 0 Å². The van der Waals surface area contributed by atoms with Gasteiger partial charge in [0.1, 0.15) is 13.1 Å². The molecule has 0 unspecified atom stereocenters. The van der Waals surface area contributed by atoms with Crippen LogP contribution in [-0.4, -0.2) is 62.3 Å². The first-order chi connectivity index (χ1) is 8.45. The van der Waals surface area contributed by atoms with Crippen LogP contribution in [0.15, 0.2) is 50.6 Å². The Morgan fingerprint density at radius 3 is 1.30 bits per heavy atom. The minimum atomic E-state index is 0. The van der Waals surface area contributed by atoms with E-state index in [1.807, 2.05) is 24.3 Å². The summed E-state index contributed by atoms with van der Waals surface area (Å²) >= 11 is 0. The summed E-state index contributed by atoms with van der Waals surface area (Å²) in [5.41, 5.74) is 0. The zero-order valence-electron chi connectivity index (χ0n) is 13.0. The van der Waals surface area contributed by atoms with Crippen LogP contribution in [0.1, 0.15) is 0 Å². The number of hydrogen-bond donors (Lipinski definition) is 0. The van der Waals surface area contributed by atoms with Crippen molar-refractivity contribution >= 4 is 0 Å². The van der Waals surface area contributed by atoms with E-state index in [-0.39, 0.29) is 24.8 Å². The van der Waals surface area contributed by atoms with Crippen molar-refractivity contribution in [3.05, 3.63) is 50.6 Å². The van der Waals surface area contributed by atoms with Gasteiger partial charge in [0.05, 0.1) is 40.3 Å².